The van der Waals surface area contributed by atoms with Crippen molar-refractivity contribution >= 4 is 23.3 Å². The van der Waals surface area contributed by atoms with Gasteiger partial charge in [0.2, 0.25) is 0 Å². The van der Waals surface area contributed by atoms with Gasteiger partial charge in [0.1, 0.15) is 0 Å². The second-order valence-electron chi connectivity index (χ2n) is 7.00. The number of hydrogen-bond acceptors (Lipinski definition) is 5. The third-order valence-electron chi connectivity index (χ3n) is 5.34. The van der Waals surface area contributed by atoms with E-state index >= 15 is 0 Å². The van der Waals surface area contributed by atoms with Crippen LogP contribution in [0.5, 0.6) is 0 Å². The summed E-state index contributed by atoms with van der Waals surface area (Å²) in [6.45, 7) is 14.1. The van der Waals surface area contributed by atoms with Gasteiger partial charge in [0.25, 0.3) is 0 Å². The van der Waals surface area contributed by atoms with E-state index < -0.39 is 0 Å². The highest BCUT2D eigenvalue weighted by atomic mass is 32.1. The molecule has 0 aliphatic carbocycles. The number of esters is 1. The van der Waals surface area contributed by atoms with E-state index in [1.54, 1.807) is 11.3 Å². The van der Waals surface area contributed by atoms with Crippen molar-refractivity contribution in [2.75, 3.05) is 45.9 Å². The molecule has 1 aromatic heterocycles. The summed E-state index contributed by atoms with van der Waals surface area (Å²) < 4.78 is 5.19. The molecule has 2 rings (SSSR count). The van der Waals surface area contributed by atoms with Gasteiger partial charge in [-0.3, -0.25) is 14.7 Å². The molecular weight excluding hydrogens is 372 g/mol. The van der Waals surface area contributed by atoms with Crippen LogP contribution in [0.15, 0.2) is 21.8 Å². The van der Waals surface area contributed by atoms with Crippen LogP contribution >= 0.6 is 11.3 Å². The van der Waals surface area contributed by atoms with Gasteiger partial charge < -0.3 is 15.0 Å². The maximum Gasteiger partial charge on any atom is 0.309 e. The standard InChI is InChI=1S/C21H36N4O2S/c1-5-22-21(25-12-9-17(10-13-25)20(26)27-8-4)23-15-19(24(6-2)7-3)18-11-14-28-16-18/h11,14,16-17,19H,5-10,12-13,15H2,1-4H3,(H,22,23). The number of likely N-dealkylation sites (N-methyl/N-ethyl adjacent to an activating group) is 1. The minimum Gasteiger partial charge on any atom is -0.466 e. The Morgan fingerprint density at radius 1 is 1.32 bits per heavy atom. The normalized spacial score (nSPS) is 17.0. The highest BCUT2D eigenvalue weighted by Gasteiger charge is 2.27. The van der Waals surface area contributed by atoms with Gasteiger partial charge in [0.15, 0.2) is 5.96 Å². The highest BCUT2D eigenvalue weighted by molar-refractivity contribution is 7.07. The Kier molecular flexibility index (Phi) is 9.78. The number of aliphatic imine (C=N–C) groups is 1. The maximum atomic E-state index is 12.0. The summed E-state index contributed by atoms with van der Waals surface area (Å²) in [6.07, 6.45) is 1.65. The lowest BCUT2D eigenvalue weighted by atomic mass is 9.97. The molecule has 28 heavy (non-hydrogen) atoms. The van der Waals surface area contributed by atoms with Crippen molar-refractivity contribution < 1.29 is 9.53 Å². The van der Waals surface area contributed by atoms with Crippen molar-refractivity contribution in [3.63, 3.8) is 0 Å². The topological polar surface area (TPSA) is 57.2 Å². The van der Waals surface area contributed by atoms with Crippen molar-refractivity contribution in [3.05, 3.63) is 22.4 Å². The Bertz CT molecular complexity index is 594. The first-order valence-electron chi connectivity index (χ1n) is 10.6. The van der Waals surface area contributed by atoms with Crippen molar-refractivity contribution in [1.82, 2.24) is 15.1 Å². The molecule has 7 heteroatoms. The van der Waals surface area contributed by atoms with E-state index in [-0.39, 0.29) is 11.9 Å². The first-order valence-corrected chi connectivity index (χ1v) is 11.5. The third-order valence-corrected chi connectivity index (χ3v) is 6.05. The largest absolute Gasteiger partial charge is 0.466 e. The molecule has 2 heterocycles. The van der Waals surface area contributed by atoms with Crippen LogP contribution in [0.25, 0.3) is 0 Å². The zero-order chi connectivity index (χ0) is 20.4. The van der Waals surface area contributed by atoms with Crippen molar-refractivity contribution in [2.45, 2.75) is 46.6 Å². The second-order valence-corrected chi connectivity index (χ2v) is 7.78. The van der Waals surface area contributed by atoms with E-state index in [1.807, 2.05) is 6.92 Å². The molecule has 1 N–H and O–H groups in total. The van der Waals surface area contributed by atoms with Gasteiger partial charge in [0.05, 0.1) is 25.1 Å². The number of likely N-dealkylation sites (tertiary alicyclic amines) is 1. The average Bonchev–Trinajstić information content (AvgIpc) is 3.25. The Balaban J connectivity index is 2.05. The summed E-state index contributed by atoms with van der Waals surface area (Å²) in [5.41, 5.74) is 1.34. The fourth-order valence-electron chi connectivity index (χ4n) is 3.75. The van der Waals surface area contributed by atoms with Crippen LogP contribution in [0.2, 0.25) is 0 Å². The first kappa shape index (κ1) is 22.7. The van der Waals surface area contributed by atoms with Gasteiger partial charge in [-0.05, 0) is 62.2 Å². The van der Waals surface area contributed by atoms with Crippen LogP contribution in [0.1, 0.15) is 52.1 Å². The Morgan fingerprint density at radius 2 is 2.04 bits per heavy atom. The number of nitrogens with zero attached hydrogens (tertiary/aromatic N) is 3. The minimum absolute atomic E-state index is 0.0216. The van der Waals surface area contributed by atoms with E-state index in [4.69, 9.17) is 9.73 Å². The summed E-state index contributed by atoms with van der Waals surface area (Å²) in [4.78, 5) is 21.7. The molecule has 1 aliphatic heterocycles. The van der Waals surface area contributed by atoms with Crippen LogP contribution in [-0.4, -0.2) is 67.6 Å². The fourth-order valence-corrected chi connectivity index (χ4v) is 4.45. The number of rotatable bonds is 9. The van der Waals surface area contributed by atoms with Gasteiger partial charge in [-0.15, -0.1) is 0 Å². The van der Waals surface area contributed by atoms with E-state index in [1.165, 1.54) is 5.56 Å². The van der Waals surface area contributed by atoms with Crippen LogP contribution < -0.4 is 5.32 Å². The van der Waals surface area contributed by atoms with Crippen molar-refractivity contribution in [3.8, 4) is 0 Å². The van der Waals surface area contributed by atoms with Crippen molar-refractivity contribution in [2.24, 2.45) is 10.9 Å². The number of guanidine groups is 1. The number of nitrogens with one attached hydrogen (secondary N) is 1. The molecule has 0 amide bonds. The Morgan fingerprint density at radius 3 is 2.57 bits per heavy atom. The first-order chi connectivity index (χ1) is 13.6. The molecule has 1 fully saturated rings. The van der Waals surface area contributed by atoms with E-state index in [0.717, 1.165) is 58.1 Å². The molecule has 6 nitrogen and oxygen atoms in total. The molecule has 1 atom stereocenters. The predicted molar refractivity (Wildman–Crippen MR) is 117 cm³/mol. The molecular formula is C21H36N4O2S. The molecule has 1 aromatic rings. The number of hydrogen-bond donors (Lipinski definition) is 1. The van der Waals surface area contributed by atoms with E-state index in [9.17, 15) is 4.79 Å². The molecule has 0 bridgehead atoms. The van der Waals surface area contributed by atoms with Gasteiger partial charge in [-0.2, -0.15) is 11.3 Å². The monoisotopic (exact) mass is 408 g/mol. The Hall–Kier alpha value is -1.60. The van der Waals surface area contributed by atoms with Crippen LogP contribution in [0, 0.1) is 5.92 Å². The van der Waals surface area contributed by atoms with Gasteiger partial charge in [-0.1, -0.05) is 13.8 Å². The lowest BCUT2D eigenvalue weighted by Gasteiger charge is -2.34. The number of piperidine rings is 1. The van der Waals surface area contributed by atoms with Crippen molar-refractivity contribution in [1.29, 1.82) is 0 Å². The molecule has 158 valence electrons. The molecule has 0 radical (unpaired) electrons. The number of carbonyl (C=O) groups excluding carboxylic acids is 1. The van der Waals surface area contributed by atoms with Gasteiger partial charge in [-0.25, -0.2) is 0 Å². The molecule has 1 aliphatic rings. The minimum atomic E-state index is -0.0526. The second kappa shape index (κ2) is 12.1. The smallest absolute Gasteiger partial charge is 0.309 e. The predicted octanol–water partition coefficient (Wildman–Crippen LogP) is 3.37. The summed E-state index contributed by atoms with van der Waals surface area (Å²) in [7, 11) is 0. The summed E-state index contributed by atoms with van der Waals surface area (Å²) >= 11 is 1.74. The number of carbonyl (C=O) groups is 1. The lowest BCUT2D eigenvalue weighted by Crippen LogP contribution is -2.47. The molecule has 0 aromatic carbocycles. The van der Waals surface area contributed by atoms with Crippen LogP contribution in [0.4, 0.5) is 0 Å². The van der Waals surface area contributed by atoms with Gasteiger partial charge in [0, 0.05) is 19.6 Å². The zero-order valence-corrected chi connectivity index (χ0v) is 18.6. The van der Waals surface area contributed by atoms with Crippen LogP contribution in [-0.2, 0) is 9.53 Å². The summed E-state index contributed by atoms with van der Waals surface area (Å²) in [5, 5.41) is 7.81. The summed E-state index contributed by atoms with van der Waals surface area (Å²) in [5.74, 6) is 0.925. The molecule has 1 unspecified atom stereocenters. The number of ether oxygens (including phenoxy) is 1. The van der Waals surface area contributed by atoms with E-state index in [2.05, 4.69) is 52.7 Å². The highest BCUT2D eigenvalue weighted by Crippen LogP contribution is 2.24. The molecule has 1 saturated heterocycles. The summed E-state index contributed by atoms with van der Waals surface area (Å²) in [6, 6.07) is 2.51. The average molecular weight is 409 g/mol. The van der Waals surface area contributed by atoms with Gasteiger partial charge >= 0.3 is 5.97 Å². The van der Waals surface area contributed by atoms with E-state index in [0.29, 0.717) is 12.6 Å². The third kappa shape index (κ3) is 6.21. The van der Waals surface area contributed by atoms with Crippen LogP contribution in [0.3, 0.4) is 0 Å². The lowest BCUT2D eigenvalue weighted by molar-refractivity contribution is -0.149. The number of thiophene rings is 1. The molecule has 0 saturated carbocycles. The maximum absolute atomic E-state index is 12.0. The molecule has 0 spiro atoms. The quantitative estimate of drug-likeness (QED) is 0.386. The fraction of sp³-hybridized carbons (Fsp3) is 0.714. The SMILES string of the molecule is CCNC(=NCC(c1ccsc1)N(CC)CC)N1CCC(C(=O)OCC)CC1. The zero-order valence-electron chi connectivity index (χ0n) is 17.8. The Labute approximate surface area is 174 Å².